The molecule has 0 N–H and O–H groups in total. The molecule has 1 unspecified atom stereocenters. The van der Waals surface area contributed by atoms with E-state index < -0.39 is 22.4 Å². The SMILES string of the molecule is CCOC(=O)C(C[C@H](N=C(c1ccccc1)c1ccccc1)C(=O)OC(C)(C)C)[Se]c1ccccc1. The van der Waals surface area contributed by atoms with Crippen LogP contribution in [0.5, 0.6) is 0 Å². The van der Waals surface area contributed by atoms with Gasteiger partial charge in [0.05, 0.1) is 0 Å². The summed E-state index contributed by atoms with van der Waals surface area (Å²) in [5, 5.41) is 0. The fourth-order valence-electron chi connectivity index (χ4n) is 3.53. The van der Waals surface area contributed by atoms with Crippen molar-refractivity contribution in [2.45, 2.75) is 50.6 Å². The molecule has 5 nitrogen and oxygen atoms in total. The van der Waals surface area contributed by atoms with E-state index in [1.807, 2.05) is 112 Å². The molecule has 3 aromatic rings. The van der Waals surface area contributed by atoms with Gasteiger partial charge in [-0.25, -0.2) is 0 Å². The Labute approximate surface area is 220 Å². The van der Waals surface area contributed by atoms with Crippen molar-refractivity contribution in [3.8, 4) is 0 Å². The van der Waals surface area contributed by atoms with Crippen LogP contribution in [0.4, 0.5) is 0 Å². The van der Waals surface area contributed by atoms with Crippen molar-refractivity contribution in [2.75, 3.05) is 6.61 Å². The van der Waals surface area contributed by atoms with E-state index in [4.69, 9.17) is 14.5 Å². The van der Waals surface area contributed by atoms with Gasteiger partial charge >= 0.3 is 220 Å². The molecular weight excluding hydrogens is 517 g/mol. The Kier molecular flexibility index (Phi) is 10.0. The number of rotatable bonds is 10. The van der Waals surface area contributed by atoms with Crippen LogP contribution in [0.2, 0.25) is 4.82 Å². The van der Waals surface area contributed by atoms with Gasteiger partial charge in [0.2, 0.25) is 0 Å². The molecular formula is C30H33NO4Se. The first kappa shape index (κ1) is 27.4. The normalized spacial score (nSPS) is 12.8. The molecule has 0 heterocycles. The van der Waals surface area contributed by atoms with E-state index >= 15 is 0 Å². The average molecular weight is 551 g/mol. The Morgan fingerprint density at radius 2 is 1.31 bits per heavy atom. The molecule has 0 aliphatic heterocycles. The molecule has 36 heavy (non-hydrogen) atoms. The number of benzene rings is 3. The molecule has 0 aliphatic carbocycles. The summed E-state index contributed by atoms with van der Waals surface area (Å²) in [5.41, 5.74) is 1.77. The number of hydrogen-bond donors (Lipinski definition) is 0. The first-order chi connectivity index (χ1) is 17.3. The molecule has 3 rings (SSSR count). The van der Waals surface area contributed by atoms with Crippen LogP contribution in [0.15, 0.2) is 96.0 Å². The van der Waals surface area contributed by atoms with Crippen LogP contribution < -0.4 is 4.46 Å². The first-order valence-corrected chi connectivity index (χ1v) is 13.9. The zero-order valence-corrected chi connectivity index (χ0v) is 22.9. The van der Waals surface area contributed by atoms with Crippen LogP contribution in [0, 0.1) is 0 Å². The number of esters is 2. The van der Waals surface area contributed by atoms with Gasteiger partial charge in [0.15, 0.2) is 0 Å². The van der Waals surface area contributed by atoms with Crippen LogP contribution >= 0.6 is 0 Å². The Balaban J connectivity index is 2.05. The zero-order chi connectivity index (χ0) is 26.0. The molecule has 0 aromatic heterocycles. The zero-order valence-electron chi connectivity index (χ0n) is 21.2. The van der Waals surface area contributed by atoms with Crippen molar-refractivity contribution in [3.63, 3.8) is 0 Å². The predicted octanol–water partition coefficient (Wildman–Crippen LogP) is 5.01. The van der Waals surface area contributed by atoms with Gasteiger partial charge in [-0.1, -0.05) is 0 Å². The number of ether oxygens (including phenoxy) is 2. The summed E-state index contributed by atoms with van der Waals surface area (Å²) in [6.07, 6.45) is 0.200. The van der Waals surface area contributed by atoms with Crippen molar-refractivity contribution >= 4 is 37.1 Å². The third-order valence-corrected chi connectivity index (χ3v) is 7.61. The fraction of sp³-hybridized carbons (Fsp3) is 0.300. The van der Waals surface area contributed by atoms with Crippen molar-refractivity contribution < 1.29 is 19.1 Å². The standard InChI is InChI=1S/C30H33NO4Se/c1-5-34-29(33)26(36-24-19-13-8-14-20-24)21-25(28(32)35-30(2,3)4)31-27(22-15-9-6-10-16-22)23-17-11-7-12-18-23/h6-20,25-26H,5,21H2,1-4H3/t25-,26?/m0/s1. The summed E-state index contributed by atoms with van der Waals surface area (Å²) < 4.78 is 12.2. The molecule has 0 saturated carbocycles. The van der Waals surface area contributed by atoms with Crippen LogP contribution in [0.25, 0.3) is 0 Å². The minimum atomic E-state index is -0.875. The van der Waals surface area contributed by atoms with Crippen molar-refractivity contribution in [1.29, 1.82) is 0 Å². The summed E-state index contributed by atoms with van der Waals surface area (Å²) in [6, 6.07) is 28.5. The van der Waals surface area contributed by atoms with E-state index in [0.717, 1.165) is 15.6 Å². The molecule has 3 aromatic carbocycles. The maximum absolute atomic E-state index is 13.5. The second-order valence-electron chi connectivity index (χ2n) is 9.17. The Morgan fingerprint density at radius 3 is 1.78 bits per heavy atom. The Bertz CT molecular complexity index is 1100. The van der Waals surface area contributed by atoms with Crippen LogP contribution in [0.3, 0.4) is 0 Å². The molecule has 6 heteroatoms. The minimum absolute atomic E-state index is 0.200. The van der Waals surface area contributed by atoms with Gasteiger partial charge in [0.1, 0.15) is 0 Å². The van der Waals surface area contributed by atoms with Gasteiger partial charge in [-0.3, -0.25) is 0 Å². The topological polar surface area (TPSA) is 65.0 Å². The molecule has 0 fully saturated rings. The number of hydrogen-bond acceptors (Lipinski definition) is 5. The third-order valence-electron chi connectivity index (χ3n) is 5.07. The molecule has 0 saturated heterocycles. The summed E-state index contributed by atoms with van der Waals surface area (Å²) in [5.74, 6) is -0.767. The second-order valence-corrected chi connectivity index (χ2v) is 11.8. The Morgan fingerprint density at radius 1 is 0.806 bits per heavy atom. The maximum atomic E-state index is 13.5. The third kappa shape index (κ3) is 8.47. The molecule has 0 spiro atoms. The first-order valence-electron chi connectivity index (χ1n) is 12.1. The quantitative estimate of drug-likeness (QED) is 0.202. The van der Waals surface area contributed by atoms with Crippen molar-refractivity contribution in [1.82, 2.24) is 0 Å². The van der Waals surface area contributed by atoms with E-state index in [1.165, 1.54) is 0 Å². The number of carbonyl (C=O) groups excluding carboxylic acids is 2. The molecule has 0 bridgehead atoms. The van der Waals surface area contributed by atoms with E-state index in [1.54, 1.807) is 6.92 Å². The van der Waals surface area contributed by atoms with Crippen LogP contribution in [-0.4, -0.2) is 50.9 Å². The van der Waals surface area contributed by atoms with Gasteiger partial charge in [-0.15, -0.1) is 0 Å². The van der Waals surface area contributed by atoms with Gasteiger partial charge in [0, 0.05) is 0 Å². The van der Waals surface area contributed by atoms with E-state index in [-0.39, 0.29) is 34.0 Å². The van der Waals surface area contributed by atoms with E-state index in [9.17, 15) is 9.59 Å². The molecule has 188 valence electrons. The fourth-order valence-corrected chi connectivity index (χ4v) is 5.81. The van der Waals surface area contributed by atoms with Gasteiger partial charge in [0.25, 0.3) is 0 Å². The van der Waals surface area contributed by atoms with Crippen molar-refractivity contribution in [2.24, 2.45) is 4.99 Å². The van der Waals surface area contributed by atoms with E-state index in [2.05, 4.69) is 0 Å². The van der Waals surface area contributed by atoms with Crippen LogP contribution in [0.1, 0.15) is 45.2 Å². The summed E-state index contributed by atoms with van der Waals surface area (Å²) in [6.45, 7) is 7.56. The van der Waals surface area contributed by atoms with Crippen molar-refractivity contribution in [3.05, 3.63) is 102 Å². The number of carbonyl (C=O) groups is 2. The Hall–Kier alpha value is -3.21. The monoisotopic (exact) mass is 551 g/mol. The predicted molar refractivity (Wildman–Crippen MR) is 145 cm³/mol. The second kappa shape index (κ2) is 13.2. The van der Waals surface area contributed by atoms with Gasteiger partial charge < -0.3 is 0 Å². The summed E-state index contributed by atoms with van der Waals surface area (Å²) in [4.78, 5) is 30.9. The number of nitrogens with zero attached hydrogens (tertiary/aromatic N) is 1. The van der Waals surface area contributed by atoms with Crippen LogP contribution in [-0.2, 0) is 19.1 Å². The molecule has 0 radical (unpaired) electrons. The molecule has 0 amide bonds. The summed E-state index contributed by atoms with van der Waals surface area (Å²) in [7, 11) is 0. The molecule has 0 aliphatic rings. The number of aliphatic imine (C=N–C) groups is 1. The average Bonchev–Trinajstić information content (AvgIpc) is 2.86. The van der Waals surface area contributed by atoms with Gasteiger partial charge in [-0.05, 0) is 0 Å². The summed E-state index contributed by atoms with van der Waals surface area (Å²) >= 11 is -0.247. The van der Waals surface area contributed by atoms with E-state index in [0.29, 0.717) is 5.71 Å². The van der Waals surface area contributed by atoms with Gasteiger partial charge in [-0.2, -0.15) is 0 Å². The molecule has 2 atom stereocenters.